The van der Waals surface area contributed by atoms with E-state index in [0.717, 1.165) is 16.7 Å². The highest BCUT2D eigenvalue weighted by Gasteiger charge is 2.27. The normalized spacial score (nSPS) is 17.0. The van der Waals surface area contributed by atoms with E-state index < -0.39 is 97.4 Å². The summed E-state index contributed by atoms with van der Waals surface area (Å²) in [4.78, 5) is 9.93. The Bertz CT molecular complexity index is 4230. The van der Waals surface area contributed by atoms with Crippen molar-refractivity contribution in [3.8, 4) is 78.6 Å². The van der Waals surface area contributed by atoms with Gasteiger partial charge in [0, 0.05) is 39.3 Å². The minimum Gasteiger partial charge on any atom is -0.507 e. The number of fused-ring (bicyclic) bond motifs is 1. The van der Waals surface area contributed by atoms with E-state index in [1.807, 2.05) is 136 Å². The van der Waals surface area contributed by atoms with E-state index in [0.29, 0.717) is 61.2 Å². The summed E-state index contributed by atoms with van der Waals surface area (Å²) >= 11 is 0. The van der Waals surface area contributed by atoms with Gasteiger partial charge in [-0.1, -0.05) is 193 Å². The van der Waals surface area contributed by atoms with Gasteiger partial charge < -0.3 is 5.11 Å². The molecule has 9 rings (SSSR count). The van der Waals surface area contributed by atoms with E-state index in [2.05, 4.69) is 39.6 Å². The minimum atomic E-state index is -3.95. The van der Waals surface area contributed by atoms with E-state index in [-0.39, 0.29) is 45.6 Å². The fourth-order valence-electron chi connectivity index (χ4n) is 8.95. The summed E-state index contributed by atoms with van der Waals surface area (Å²) in [5.41, 5.74) is 1.04. The molecule has 0 bridgehead atoms. The molecule has 7 aromatic carbocycles. The third-order valence-electron chi connectivity index (χ3n) is 13.1. The van der Waals surface area contributed by atoms with Crippen LogP contribution < -0.4 is 0 Å². The number of aromatic hydroxyl groups is 1. The molecule has 0 fully saturated rings. The van der Waals surface area contributed by atoms with E-state index in [1.54, 1.807) is 18.2 Å². The first-order chi connectivity index (χ1) is 41.4. The third kappa shape index (κ3) is 9.74. The number of hydrogen-bond donors (Lipinski definition) is 1. The van der Waals surface area contributed by atoms with Crippen molar-refractivity contribution in [1.29, 1.82) is 0 Å². The molecule has 0 aliphatic carbocycles. The smallest absolute Gasteiger partial charge is 0.149 e. The summed E-state index contributed by atoms with van der Waals surface area (Å²) in [5.74, 6) is 0.118. The number of para-hydroxylation sites is 1. The fourth-order valence-corrected chi connectivity index (χ4v) is 8.95. The number of phenolic OH excluding ortho intramolecular Hbond substituents is 1. The molecule has 0 unspecified atom stereocenters. The quantitative estimate of drug-likeness (QED) is 0.157. The molecule has 0 amide bonds. The lowest BCUT2D eigenvalue weighted by molar-refractivity contribution is 0.466. The molecule has 0 saturated heterocycles. The van der Waals surface area contributed by atoms with Crippen molar-refractivity contribution in [2.75, 3.05) is 0 Å². The average molecular weight is 953 g/mol. The van der Waals surface area contributed by atoms with Crippen LogP contribution in [0.3, 0.4) is 0 Å². The SMILES string of the molecule is [2H]c1nc(-c2cc(-c3cccc4c3nc(-c3cc(C(C)C)cc(C(C)C)c3O)n4-c3cc(C([2H])([2H])[2H])c(-c4ccc(C(C)(C)C)cc4)cc3-c3ccccc3)cc(C(C)(C)C)c2)c([2H])c(-c2c([2H])c([2H])c(C(C([2H])([2H])[2H])(C([2H])([2H])[2H])C([2H])([2H])[2H])c([2H])c2[2H])c1[2H]. The molecule has 0 spiro atoms. The van der Waals surface area contributed by atoms with Crippen LogP contribution in [0.5, 0.6) is 5.75 Å². The topological polar surface area (TPSA) is 50.9 Å². The summed E-state index contributed by atoms with van der Waals surface area (Å²) in [5, 5.41) is 12.6. The zero-order valence-electron chi connectivity index (χ0n) is 60.9. The number of hydrogen-bond acceptors (Lipinski definition) is 3. The Kier molecular flexibility index (Phi) is 8.03. The molecule has 0 aliphatic rings. The van der Waals surface area contributed by atoms with Crippen LogP contribution in [-0.2, 0) is 16.2 Å². The maximum atomic E-state index is 12.6. The van der Waals surface area contributed by atoms with Gasteiger partial charge in [0.2, 0.25) is 0 Å². The number of aryl methyl sites for hydroxylation is 1. The van der Waals surface area contributed by atoms with Gasteiger partial charge in [0.1, 0.15) is 11.6 Å². The van der Waals surface area contributed by atoms with Crippen LogP contribution in [0, 0.1) is 6.85 Å². The Balaban J connectivity index is 1.38. The van der Waals surface area contributed by atoms with Crippen molar-refractivity contribution in [1.82, 2.24) is 14.5 Å². The lowest BCUT2D eigenvalue weighted by Crippen LogP contribution is -2.11. The van der Waals surface area contributed by atoms with Gasteiger partial charge in [0.25, 0.3) is 0 Å². The Morgan fingerprint density at radius 3 is 1.89 bits per heavy atom. The number of benzene rings is 7. The van der Waals surface area contributed by atoms with E-state index in [9.17, 15) is 9.22 Å². The fraction of sp³-hybridized carbons (Fsp3) is 0.284. The molecule has 2 aromatic heterocycles. The molecule has 0 aliphatic heterocycles. The molecule has 0 atom stereocenters. The summed E-state index contributed by atoms with van der Waals surface area (Å²) in [6.45, 7) is 5.74. The second-order valence-electron chi connectivity index (χ2n) is 21.1. The van der Waals surface area contributed by atoms with Crippen LogP contribution in [0.1, 0.15) is 161 Å². The van der Waals surface area contributed by atoms with Crippen molar-refractivity contribution in [3.05, 3.63) is 191 Å². The second kappa shape index (κ2) is 18.6. The highest BCUT2D eigenvalue weighted by Crippen LogP contribution is 2.46. The van der Waals surface area contributed by atoms with Crippen molar-refractivity contribution in [2.45, 2.75) is 125 Å². The van der Waals surface area contributed by atoms with Crippen LogP contribution in [0.2, 0.25) is 0 Å². The number of pyridine rings is 1. The van der Waals surface area contributed by atoms with Gasteiger partial charge in [-0.3, -0.25) is 9.55 Å². The van der Waals surface area contributed by atoms with Gasteiger partial charge in [-0.15, -0.1) is 0 Å². The molecule has 2 heterocycles. The van der Waals surface area contributed by atoms with Gasteiger partial charge in [-0.2, -0.15) is 0 Å². The van der Waals surface area contributed by atoms with Gasteiger partial charge in [-0.25, -0.2) is 4.98 Å². The Hall–Kier alpha value is -7.04. The van der Waals surface area contributed by atoms with Crippen LogP contribution in [0.4, 0.5) is 0 Å². The molecule has 4 nitrogen and oxygen atoms in total. The average Bonchev–Trinajstić information content (AvgIpc) is 0.842. The second-order valence-corrected chi connectivity index (χ2v) is 21.1. The predicted octanol–water partition coefficient (Wildman–Crippen LogP) is 18.6. The first-order valence-electron chi connectivity index (χ1n) is 33.4. The molecule has 0 saturated carbocycles. The molecular weight excluding hydrogens is 863 g/mol. The number of imidazole rings is 1. The third-order valence-corrected chi connectivity index (χ3v) is 13.1. The molecular formula is C67H71N3O. The van der Waals surface area contributed by atoms with E-state index >= 15 is 0 Å². The summed E-state index contributed by atoms with van der Waals surface area (Å²) in [6, 6.07) is 29.4. The molecule has 9 aromatic rings. The van der Waals surface area contributed by atoms with Crippen molar-refractivity contribution < 1.29 is 31.2 Å². The van der Waals surface area contributed by atoms with E-state index in [4.69, 9.17) is 26.9 Å². The summed E-state index contributed by atoms with van der Waals surface area (Å²) in [7, 11) is 0. The molecule has 71 heavy (non-hydrogen) atoms. The lowest BCUT2D eigenvalue weighted by atomic mass is 9.83. The van der Waals surface area contributed by atoms with Crippen molar-refractivity contribution in [3.63, 3.8) is 0 Å². The maximum Gasteiger partial charge on any atom is 0.149 e. The number of aromatic nitrogens is 3. The Labute approximate surface area is 450 Å². The lowest BCUT2D eigenvalue weighted by Gasteiger charge is -2.22. The zero-order valence-corrected chi connectivity index (χ0v) is 41.9. The predicted molar refractivity (Wildman–Crippen MR) is 302 cm³/mol. The van der Waals surface area contributed by atoms with Crippen molar-refractivity contribution >= 4 is 11.0 Å². The largest absolute Gasteiger partial charge is 0.507 e. The minimum absolute atomic E-state index is 0.00392. The van der Waals surface area contributed by atoms with Crippen LogP contribution in [0.15, 0.2) is 158 Å². The standard InChI is InChI=1S/C67H71N3O/c1-41(2)48-37-55(42(3)4)63(71)58(38-48)64-69-62-54(49-34-50(36-53(35-49)67(12,13)14)59-39-47(31-32-68-59)44-23-27-51(28-24-44)65(6,7)8)21-18-22-60(62)70(64)61-33-43(5)56(40-57(61)45-19-16-15-17-20-45)46-25-29-52(30-26-46)66(9,10)11/h15-42,71H,1-14H3/i5D3,6D3,7D3,8D3,23D,24D,27D,28D,31D,32D,39D. The molecule has 360 valence electrons. The number of phenols is 1. The molecule has 0 radical (unpaired) electrons. The Morgan fingerprint density at radius 1 is 0.549 bits per heavy atom. The first-order valence-corrected chi connectivity index (χ1v) is 23.9. The highest BCUT2D eigenvalue weighted by atomic mass is 16.3. The summed E-state index contributed by atoms with van der Waals surface area (Å²) < 4.78 is 169. The Morgan fingerprint density at radius 2 is 1.24 bits per heavy atom. The van der Waals surface area contributed by atoms with Crippen LogP contribution in [-0.4, -0.2) is 19.6 Å². The van der Waals surface area contributed by atoms with Gasteiger partial charge >= 0.3 is 0 Å². The number of rotatable bonds is 9. The zero-order chi connectivity index (χ0) is 66.8. The van der Waals surface area contributed by atoms with E-state index in [1.165, 1.54) is 0 Å². The van der Waals surface area contributed by atoms with Gasteiger partial charge in [0.15, 0.2) is 0 Å². The molecule has 1 N–H and O–H groups in total. The first kappa shape index (κ1) is 30.6. The number of nitrogens with zero attached hydrogens (tertiary/aromatic N) is 3. The monoisotopic (exact) mass is 953 g/mol. The highest BCUT2D eigenvalue weighted by molar-refractivity contribution is 5.98. The van der Waals surface area contributed by atoms with Gasteiger partial charge in [-0.05, 0) is 150 Å². The molecule has 4 heteroatoms. The van der Waals surface area contributed by atoms with Crippen molar-refractivity contribution in [2.24, 2.45) is 0 Å². The van der Waals surface area contributed by atoms with Crippen LogP contribution >= 0.6 is 0 Å². The van der Waals surface area contributed by atoms with Crippen LogP contribution in [0.25, 0.3) is 83.9 Å². The summed E-state index contributed by atoms with van der Waals surface area (Å²) in [6.07, 6.45) is -0.769. The van der Waals surface area contributed by atoms with Gasteiger partial charge in [0.05, 0.1) is 37.6 Å². The maximum absolute atomic E-state index is 12.6.